The van der Waals surface area contributed by atoms with Gasteiger partial charge in [0.2, 0.25) is 10.0 Å². The van der Waals surface area contributed by atoms with Crippen molar-refractivity contribution in [3.63, 3.8) is 0 Å². The van der Waals surface area contributed by atoms with Gasteiger partial charge in [0.05, 0.1) is 16.5 Å². The van der Waals surface area contributed by atoms with Gasteiger partial charge in [0.15, 0.2) is 5.84 Å². The van der Waals surface area contributed by atoms with E-state index in [0.29, 0.717) is 5.56 Å². The number of hydrogen-bond acceptors (Lipinski definition) is 4. The summed E-state index contributed by atoms with van der Waals surface area (Å²) in [5.74, 6) is -0.151. The van der Waals surface area contributed by atoms with E-state index in [1.54, 1.807) is 13.8 Å². The number of hydrogen-bond donors (Lipinski definition) is 3. The predicted octanol–water partition coefficient (Wildman–Crippen LogP) is 1.83. The number of anilines is 1. The van der Waals surface area contributed by atoms with Crippen LogP contribution in [0.2, 0.25) is 5.02 Å². The first-order valence-electron chi connectivity index (χ1n) is 5.53. The molecule has 0 aliphatic heterocycles. The van der Waals surface area contributed by atoms with Gasteiger partial charge in [-0.25, -0.2) is 8.42 Å². The lowest BCUT2D eigenvalue weighted by Gasteiger charge is -2.12. The zero-order valence-electron chi connectivity index (χ0n) is 10.6. The van der Waals surface area contributed by atoms with Crippen LogP contribution in [0.1, 0.15) is 19.4 Å². The third-order valence-electron chi connectivity index (χ3n) is 2.19. The van der Waals surface area contributed by atoms with E-state index < -0.39 is 10.0 Å². The molecule has 0 radical (unpaired) electrons. The minimum atomic E-state index is -3.48. The lowest BCUT2D eigenvalue weighted by Crippen LogP contribution is -2.21. The van der Waals surface area contributed by atoms with Gasteiger partial charge >= 0.3 is 0 Å². The molecular weight excluding hydrogens is 290 g/mol. The van der Waals surface area contributed by atoms with Crippen LogP contribution in [-0.4, -0.2) is 25.2 Å². The van der Waals surface area contributed by atoms with Gasteiger partial charge in [-0.05, 0) is 24.1 Å². The molecule has 1 aromatic carbocycles. The summed E-state index contributed by atoms with van der Waals surface area (Å²) in [6.07, 6.45) is 0. The Labute approximate surface area is 117 Å². The molecule has 0 bridgehead atoms. The first kappa shape index (κ1) is 15.6. The highest BCUT2D eigenvalue weighted by molar-refractivity contribution is 7.92. The van der Waals surface area contributed by atoms with Crippen molar-refractivity contribution < 1.29 is 13.6 Å². The summed E-state index contributed by atoms with van der Waals surface area (Å²) in [5.41, 5.74) is 6.01. The molecule has 6 nitrogen and oxygen atoms in total. The number of rotatable bonds is 5. The molecule has 0 aromatic heterocycles. The van der Waals surface area contributed by atoms with E-state index in [4.69, 9.17) is 22.5 Å². The number of oxime groups is 1. The minimum absolute atomic E-state index is 0.0106. The lowest BCUT2D eigenvalue weighted by atomic mass is 10.2. The Bertz CT molecular complexity index is 585. The molecule has 0 aliphatic carbocycles. The molecule has 1 rings (SSSR count). The molecule has 0 aliphatic rings. The fraction of sp³-hybridized carbons (Fsp3) is 0.364. The monoisotopic (exact) mass is 305 g/mol. The molecule has 0 saturated heterocycles. The third-order valence-corrected chi connectivity index (χ3v) is 4.15. The molecule has 106 valence electrons. The van der Waals surface area contributed by atoms with Crippen molar-refractivity contribution in [1.29, 1.82) is 0 Å². The second kappa shape index (κ2) is 6.12. The highest BCUT2D eigenvalue weighted by atomic mass is 35.5. The van der Waals surface area contributed by atoms with E-state index >= 15 is 0 Å². The van der Waals surface area contributed by atoms with E-state index in [0.717, 1.165) is 0 Å². The zero-order valence-corrected chi connectivity index (χ0v) is 12.2. The fourth-order valence-corrected chi connectivity index (χ4v) is 3.15. The quantitative estimate of drug-likeness (QED) is 0.334. The topological polar surface area (TPSA) is 105 Å². The number of nitrogens with one attached hydrogen (secondary N) is 1. The third kappa shape index (κ3) is 4.60. The van der Waals surface area contributed by atoms with E-state index in [9.17, 15) is 8.42 Å². The van der Waals surface area contributed by atoms with Crippen LogP contribution < -0.4 is 10.5 Å². The maximum Gasteiger partial charge on any atom is 0.233 e. The molecule has 0 saturated carbocycles. The van der Waals surface area contributed by atoms with Crippen LogP contribution in [0.3, 0.4) is 0 Å². The Kier molecular flexibility index (Phi) is 5.02. The van der Waals surface area contributed by atoms with Gasteiger partial charge in [0.25, 0.3) is 0 Å². The molecule has 0 atom stereocenters. The first-order valence-corrected chi connectivity index (χ1v) is 7.56. The first-order chi connectivity index (χ1) is 8.75. The maximum absolute atomic E-state index is 11.8. The van der Waals surface area contributed by atoms with Gasteiger partial charge in [0.1, 0.15) is 0 Å². The number of nitrogens with zero attached hydrogens (tertiary/aromatic N) is 1. The lowest BCUT2D eigenvalue weighted by molar-refractivity contribution is 0.318. The van der Waals surface area contributed by atoms with Gasteiger partial charge in [-0.1, -0.05) is 30.6 Å². The number of nitrogens with two attached hydrogens (primary N) is 1. The number of benzene rings is 1. The Morgan fingerprint density at radius 1 is 1.53 bits per heavy atom. The zero-order chi connectivity index (χ0) is 14.6. The van der Waals surface area contributed by atoms with Crippen LogP contribution in [0.15, 0.2) is 23.4 Å². The van der Waals surface area contributed by atoms with Gasteiger partial charge in [-0.3, -0.25) is 4.72 Å². The summed E-state index contributed by atoms with van der Waals surface area (Å²) < 4.78 is 26.1. The minimum Gasteiger partial charge on any atom is -0.409 e. The molecule has 19 heavy (non-hydrogen) atoms. The largest absolute Gasteiger partial charge is 0.409 e. The molecular formula is C11H16ClN3O3S. The second-order valence-electron chi connectivity index (χ2n) is 4.46. The SMILES string of the molecule is CC(C)CS(=O)(=O)Nc1cc(C(N)=NO)ccc1Cl. The van der Waals surface area contributed by atoms with Crippen molar-refractivity contribution in [1.82, 2.24) is 0 Å². The van der Waals surface area contributed by atoms with E-state index in [-0.39, 0.29) is 28.2 Å². The normalized spacial score (nSPS) is 12.7. The summed E-state index contributed by atoms with van der Waals surface area (Å²) in [5, 5.41) is 11.7. The molecule has 0 spiro atoms. The Morgan fingerprint density at radius 2 is 2.16 bits per heavy atom. The van der Waals surface area contributed by atoms with E-state index in [1.807, 2.05) is 0 Å². The Balaban J connectivity index is 3.07. The Hall–Kier alpha value is -1.47. The molecule has 4 N–H and O–H groups in total. The smallest absolute Gasteiger partial charge is 0.233 e. The van der Waals surface area contributed by atoms with Gasteiger partial charge < -0.3 is 10.9 Å². The van der Waals surface area contributed by atoms with Crippen molar-refractivity contribution in [2.75, 3.05) is 10.5 Å². The summed E-state index contributed by atoms with van der Waals surface area (Å²) >= 11 is 5.92. The number of halogens is 1. The van der Waals surface area contributed by atoms with Crippen LogP contribution in [-0.2, 0) is 10.0 Å². The number of sulfonamides is 1. The van der Waals surface area contributed by atoms with E-state index in [1.165, 1.54) is 18.2 Å². The fourth-order valence-electron chi connectivity index (χ4n) is 1.47. The summed E-state index contributed by atoms with van der Waals surface area (Å²) in [6.45, 7) is 3.60. The van der Waals surface area contributed by atoms with Crippen LogP contribution in [0.5, 0.6) is 0 Å². The highest BCUT2D eigenvalue weighted by Crippen LogP contribution is 2.24. The van der Waals surface area contributed by atoms with Crippen molar-refractivity contribution in [3.05, 3.63) is 28.8 Å². The predicted molar refractivity (Wildman–Crippen MR) is 76.2 cm³/mol. The summed E-state index contributed by atoms with van der Waals surface area (Å²) in [4.78, 5) is 0. The van der Waals surface area contributed by atoms with Gasteiger partial charge in [-0.15, -0.1) is 0 Å². The van der Waals surface area contributed by atoms with E-state index in [2.05, 4.69) is 9.88 Å². The second-order valence-corrected chi connectivity index (χ2v) is 6.63. The molecule has 1 aromatic rings. The van der Waals surface area contributed by atoms with Crippen LogP contribution in [0.4, 0.5) is 5.69 Å². The molecule has 0 unspecified atom stereocenters. The van der Waals surface area contributed by atoms with Crippen molar-refractivity contribution in [3.8, 4) is 0 Å². The highest BCUT2D eigenvalue weighted by Gasteiger charge is 2.15. The molecule has 0 fully saturated rings. The Morgan fingerprint density at radius 3 is 2.68 bits per heavy atom. The van der Waals surface area contributed by atoms with Crippen LogP contribution in [0.25, 0.3) is 0 Å². The summed E-state index contributed by atoms with van der Waals surface area (Å²) in [7, 11) is -3.48. The average Bonchev–Trinajstić information content (AvgIpc) is 2.29. The average molecular weight is 306 g/mol. The standard InChI is InChI=1S/C11H16ClN3O3S/c1-7(2)6-19(17,18)15-10-5-8(11(13)14-16)3-4-9(10)12/h3-5,7,15-16H,6H2,1-2H3,(H2,13,14). The molecule has 0 heterocycles. The van der Waals surface area contributed by atoms with Crippen LogP contribution >= 0.6 is 11.6 Å². The van der Waals surface area contributed by atoms with Gasteiger partial charge in [-0.2, -0.15) is 0 Å². The van der Waals surface area contributed by atoms with Crippen molar-refractivity contribution in [2.24, 2.45) is 16.8 Å². The van der Waals surface area contributed by atoms with Crippen molar-refractivity contribution in [2.45, 2.75) is 13.8 Å². The van der Waals surface area contributed by atoms with Gasteiger partial charge in [0, 0.05) is 5.56 Å². The number of amidine groups is 1. The summed E-state index contributed by atoms with van der Waals surface area (Å²) in [6, 6.07) is 4.41. The van der Waals surface area contributed by atoms with Crippen molar-refractivity contribution >= 4 is 33.1 Å². The maximum atomic E-state index is 11.8. The molecule has 0 amide bonds. The van der Waals surface area contributed by atoms with Crippen LogP contribution in [0, 0.1) is 5.92 Å². The molecule has 8 heteroatoms.